The molecule has 5 nitrogen and oxygen atoms in total. The molecule has 0 aliphatic rings. The highest BCUT2D eigenvalue weighted by Crippen LogP contribution is 2.07. The number of nitrogens with two attached hydrogens (primary N) is 1. The second-order valence-corrected chi connectivity index (χ2v) is 3.22. The lowest BCUT2D eigenvalue weighted by Gasteiger charge is -2.18. The number of hydrogen-bond donors (Lipinski definition) is 2. The summed E-state index contributed by atoms with van der Waals surface area (Å²) in [6, 6.07) is 1.79. The zero-order valence-electron chi connectivity index (χ0n) is 9.20. The molecule has 3 N–H and O–H groups in total. The number of nitrogens with zero attached hydrogens (tertiary/aromatic N) is 3. The molecule has 0 aliphatic heterocycles. The fourth-order valence-corrected chi connectivity index (χ4v) is 1.34. The molecule has 0 amide bonds. The van der Waals surface area contributed by atoms with Crippen molar-refractivity contribution >= 4 is 11.8 Å². The van der Waals surface area contributed by atoms with E-state index in [2.05, 4.69) is 28.7 Å². The van der Waals surface area contributed by atoms with Gasteiger partial charge in [0.15, 0.2) is 0 Å². The molecular formula is C10H17N5. The Morgan fingerprint density at radius 1 is 1.47 bits per heavy atom. The molecule has 1 rings (SSSR count). The van der Waals surface area contributed by atoms with E-state index >= 15 is 0 Å². The highest BCUT2D eigenvalue weighted by atomic mass is 15.2. The second-order valence-electron chi connectivity index (χ2n) is 3.22. The number of anilines is 1. The molecule has 1 aromatic rings. The minimum absolute atomic E-state index is 0.124. The largest absolute Gasteiger partial charge is 0.387 e. The molecule has 1 aromatic heterocycles. The summed E-state index contributed by atoms with van der Waals surface area (Å²) in [4.78, 5) is 10.6. The summed E-state index contributed by atoms with van der Waals surface area (Å²) in [6.45, 7) is 5.87. The summed E-state index contributed by atoms with van der Waals surface area (Å²) in [5.41, 5.74) is 6.12. The van der Waals surface area contributed by atoms with E-state index < -0.39 is 0 Å². The van der Waals surface area contributed by atoms with Gasteiger partial charge in [-0.25, -0.2) is 9.97 Å². The minimum Gasteiger partial charge on any atom is -0.387 e. The van der Waals surface area contributed by atoms with Crippen LogP contribution in [0.4, 0.5) is 5.95 Å². The molecule has 15 heavy (non-hydrogen) atoms. The highest BCUT2D eigenvalue weighted by Gasteiger charge is 2.06. The first kappa shape index (κ1) is 11.4. The number of amidine groups is 1. The molecule has 0 fully saturated rings. The lowest BCUT2D eigenvalue weighted by molar-refractivity contribution is 0.814. The van der Waals surface area contributed by atoms with Crippen molar-refractivity contribution in [1.29, 1.82) is 5.41 Å². The normalized spacial score (nSPS) is 10.0. The third kappa shape index (κ3) is 3.19. The Bertz CT molecular complexity index is 332. The molecule has 1 heterocycles. The van der Waals surface area contributed by atoms with E-state index in [9.17, 15) is 0 Å². The van der Waals surface area contributed by atoms with Crippen LogP contribution in [0.2, 0.25) is 0 Å². The van der Waals surface area contributed by atoms with Gasteiger partial charge in [-0.15, -0.1) is 0 Å². The quantitative estimate of drug-likeness (QED) is 0.553. The Morgan fingerprint density at radius 2 is 2.13 bits per heavy atom. The first-order chi connectivity index (χ1) is 7.17. The number of nitrogens with one attached hydrogen (secondary N) is 1. The summed E-state index contributed by atoms with van der Waals surface area (Å²) in [5.74, 6) is 0.831. The van der Waals surface area contributed by atoms with E-state index in [0.717, 1.165) is 18.8 Å². The molecular weight excluding hydrogens is 190 g/mol. The van der Waals surface area contributed by atoms with Gasteiger partial charge < -0.3 is 10.6 Å². The Balaban J connectivity index is 2.86. The first-order valence-electron chi connectivity index (χ1n) is 5.07. The van der Waals surface area contributed by atoms with Crippen LogP contribution in [0.5, 0.6) is 0 Å². The summed E-state index contributed by atoms with van der Waals surface area (Å²) < 4.78 is 0. The summed E-state index contributed by atoms with van der Waals surface area (Å²) in [6.07, 6.45) is 2.09. The molecule has 5 heteroatoms. The van der Waals surface area contributed by atoms with Crippen LogP contribution in [0.1, 0.15) is 19.5 Å². The van der Waals surface area contributed by atoms with E-state index in [1.54, 1.807) is 12.3 Å². The van der Waals surface area contributed by atoms with Crippen molar-refractivity contribution in [1.82, 2.24) is 9.97 Å². The Kier molecular flexibility index (Phi) is 4.03. The fourth-order valence-electron chi connectivity index (χ4n) is 1.34. The molecule has 0 bridgehead atoms. The van der Waals surface area contributed by atoms with Gasteiger partial charge in [0.2, 0.25) is 5.95 Å². The second kappa shape index (κ2) is 5.29. The average Bonchev–Trinajstić information content (AvgIpc) is 2.19. The van der Waals surface area contributed by atoms with Crippen molar-refractivity contribution in [3.63, 3.8) is 0 Å². The van der Waals surface area contributed by atoms with Gasteiger partial charge in [0.1, 0.15) is 0 Å². The Labute approximate surface area is 89.8 Å². The topological polar surface area (TPSA) is 78.9 Å². The van der Waals surface area contributed by atoms with E-state index in [-0.39, 0.29) is 5.84 Å². The van der Waals surface area contributed by atoms with Gasteiger partial charge in [-0.2, -0.15) is 0 Å². The van der Waals surface area contributed by atoms with Crippen LogP contribution in [0.3, 0.4) is 0 Å². The van der Waals surface area contributed by atoms with Crippen LogP contribution < -0.4 is 10.6 Å². The van der Waals surface area contributed by atoms with Crippen LogP contribution in [-0.2, 0) is 6.42 Å². The standard InChI is InChI=1S/C10H17N5/c1-3-15(4-2)10-13-6-5-8(14-10)7-9(11)12/h5-6H,3-4,7H2,1-2H3,(H3,11,12). The van der Waals surface area contributed by atoms with Gasteiger partial charge >= 0.3 is 0 Å². The van der Waals surface area contributed by atoms with Gasteiger partial charge in [-0.05, 0) is 19.9 Å². The van der Waals surface area contributed by atoms with Gasteiger partial charge in [0.25, 0.3) is 0 Å². The molecule has 0 unspecified atom stereocenters. The number of hydrogen-bond acceptors (Lipinski definition) is 4. The van der Waals surface area contributed by atoms with E-state index in [4.69, 9.17) is 11.1 Å². The molecule has 0 spiro atoms. The van der Waals surface area contributed by atoms with Crippen LogP contribution in [0, 0.1) is 5.41 Å². The van der Waals surface area contributed by atoms with E-state index in [1.807, 2.05) is 0 Å². The fraction of sp³-hybridized carbons (Fsp3) is 0.500. The van der Waals surface area contributed by atoms with Crippen molar-refractivity contribution in [2.45, 2.75) is 20.3 Å². The third-order valence-corrected chi connectivity index (χ3v) is 2.12. The Morgan fingerprint density at radius 3 is 2.67 bits per heavy atom. The van der Waals surface area contributed by atoms with Crippen molar-refractivity contribution in [3.05, 3.63) is 18.0 Å². The molecule has 82 valence electrons. The zero-order valence-corrected chi connectivity index (χ0v) is 9.20. The van der Waals surface area contributed by atoms with Gasteiger partial charge in [0.05, 0.1) is 11.5 Å². The number of rotatable bonds is 5. The molecule has 0 saturated heterocycles. The van der Waals surface area contributed by atoms with Crippen LogP contribution in [-0.4, -0.2) is 28.9 Å². The third-order valence-electron chi connectivity index (χ3n) is 2.12. The summed E-state index contributed by atoms with van der Waals surface area (Å²) >= 11 is 0. The molecule has 0 aromatic carbocycles. The SMILES string of the molecule is CCN(CC)c1nccc(CC(=N)N)n1. The highest BCUT2D eigenvalue weighted by molar-refractivity contribution is 5.79. The summed E-state index contributed by atoms with van der Waals surface area (Å²) in [5, 5.41) is 7.20. The minimum atomic E-state index is 0.124. The monoisotopic (exact) mass is 207 g/mol. The molecule has 0 atom stereocenters. The van der Waals surface area contributed by atoms with E-state index in [1.165, 1.54) is 0 Å². The average molecular weight is 207 g/mol. The smallest absolute Gasteiger partial charge is 0.225 e. The lowest BCUT2D eigenvalue weighted by Crippen LogP contribution is -2.25. The van der Waals surface area contributed by atoms with Crippen molar-refractivity contribution in [3.8, 4) is 0 Å². The molecule has 0 saturated carbocycles. The maximum atomic E-state index is 7.20. The van der Waals surface area contributed by atoms with Crippen molar-refractivity contribution < 1.29 is 0 Å². The maximum absolute atomic E-state index is 7.20. The van der Waals surface area contributed by atoms with Crippen molar-refractivity contribution in [2.75, 3.05) is 18.0 Å². The predicted molar refractivity (Wildman–Crippen MR) is 61.2 cm³/mol. The molecule has 0 radical (unpaired) electrons. The predicted octanol–water partition coefficient (Wildman–Crippen LogP) is 0.801. The maximum Gasteiger partial charge on any atom is 0.225 e. The van der Waals surface area contributed by atoms with Gasteiger partial charge in [-0.1, -0.05) is 0 Å². The van der Waals surface area contributed by atoms with Crippen LogP contribution in [0.15, 0.2) is 12.3 Å². The van der Waals surface area contributed by atoms with Gasteiger partial charge in [-0.3, -0.25) is 5.41 Å². The Hall–Kier alpha value is -1.65. The van der Waals surface area contributed by atoms with Crippen LogP contribution >= 0.6 is 0 Å². The van der Waals surface area contributed by atoms with Crippen LogP contribution in [0.25, 0.3) is 0 Å². The zero-order chi connectivity index (χ0) is 11.3. The number of aromatic nitrogens is 2. The lowest BCUT2D eigenvalue weighted by atomic mass is 10.3. The first-order valence-corrected chi connectivity index (χ1v) is 5.07. The summed E-state index contributed by atoms with van der Waals surface area (Å²) in [7, 11) is 0. The van der Waals surface area contributed by atoms with Gasteiger partial charge in [0, 0.05) is 25.7 Å². The van der Waals surface area contributed by atoms with E-state index in [0.29, 0.717) is 12.4 Å². The molecule has 0 aliphatic carbocycles. The van der Waals surface area contributed by atoms with Crippen molar-refractivity contribution in [2.24, 2.45) is 5.73 Å².